The number of aliphatic hydroxyl groups excluding tert-OH is 2. The van der Waals surface area contributed by atoms with E-state index in [1.54, 1.807) is 0 Å². The van der Waals surface area contributed by atoms with E-state index in [0.29, 0.717) is 12.8 Å². The fourth-order valence-corrected chi connectivity index (χ4v) is 4.69. The van der Waals surface area contributed by atoms with Gasteiger partial charge in [0, 0.05) is 6.42 Å². The van der Waals surface area contributed by atoms with Gasteiger partial charge in [-0.15, -0.1) is 0 Å². The molecule has 0 rings (SSSR count). The zero-order valence-corrected chi connectivity index (χ0v) is 24.7. The fraction of sp³-hybridized carbons (Fsp3) is 0.848. The lowest BCUT2D eigenvalue weighted by molar-refractivity contribution is -0.123. The normalized spacial score (nSPS) is 13.5. The van der Waals surface area contributed by atoms with Crippen LogP contribution in [0.3, 0.4) is 0 Å². The number of amides is 1. The smallest absolute Gasteiger partial charge is 0.220 e. The third-order valence-electron chi connectivity index (χ3n) is 7.20. The second kappa shape index (κ2) is 29.4. The first-order valence-electron chi connectivity index (χ1n) is 16.0. The minimum atomic E-state index is -0.660. The van der Waals surface area contributed by atoms with Crippen LogP contribution >= 0.6 is 0 Å². The van der Waals surface area contributed by atoms with Crippen molar-refractivity contribution in [2.45, 2.75) is 174 Å². The molecule has 0 aliphatic rings. The van der Waals surface area contributed by atoms with Crippen molar-refractivity contribution in [2.75, 3.05) is 6.61 Å². The SMILES string of the molecule is CCC/C=C\C/C=C\CCCCCCCC(=O)NC(CO)C(O)CCCCCCCCCCCCCC. The molecule has 0 aromatic carbocycles. The lowest BCUT2D eigenvalue weighted by Crippen LogP contribution is -2.45. The Balaban J connectivity index is 3.63. The summed E-state index contributed by atoms with van der Waals surface area (Å²) in [7, 11) is 0. The Labute approximate surface area is 230 Å². The lowest BCUT2D eigenvalue weighted by Gasteiger charge is -2.22. The highest BCUT2D eigenvalue weighted by Crippen LogP contribution is 2.14. The van der Waals surface area contributed by atoms with Gasteiger partial charge in [0.05, 0.1) is 18.8 Å². The molecule has 0 aromatic heterocycles. The number of hydrogen-bond acceptors (Lipinski definition) is 3. The summed E-state index contributed by atoms with van der Waals surface area (Å²) in [6, 6.07) is -0.538. The molecule has 0 heterocycles. The highest BCUT2D eigenvalue weighted by Gasteiger charge is 2.19. The van der Waals surface area contributed by atoms with Gasteiger partial charge in [0.2, 0.25) is 5.91 Å². The largest absolute Gasteiger partial charge is 0.394 e. The van der Waals surface area contributed by atoms with Gasteiger partial charge in [-0.1, -0.05) is 141 Å². The highest BCUT2D eigenvalue weighted by molar-refractivity contribution is 5.76. The summed E-state index contributed by atoms with van der Waals surface area (Å²) in [4.78, 5) is 12.2. The minimum absolute atomic E-state index is 0.0492. The molecule has 1 amide bonds. The number of carbonyl (C=O) groups is 1. The molecule has 4 heteroatoms. The number of hydrogen-bond donors (Lipinski definition) is 3. The molecule has 0 aliphatic heterocycles. The van der Waals surface area contributed by atoms with Crippen LogP contribution in [0, 0.1) is 0 Å². The Morgan fingerprint density at radius 1 is 0.649 bits per heavy atom. The van der Waals surface area contributed by atoms with E-state index in [2.05, 4.69) is 43.5 Å². The summed E-state index contributed by atoms with van der Waals surface area (Å²) in [5, 5.41) is 22.9. The van der Waals surface area contributed by atoms with Crippen LogP contribution in [0.25, 0.3) is 0 Å². The average molecular weight is 522 g/mol. The Morgan fingerprint density at radius 2 is 1.16 bits per heavy atom. The third kappa shape index (κ3) is 26.3. The predicted octanol–water partition coefficient (Wildman–Crippen LogP) is 8.95. The van der Waals surface area contributed by atoms with E-state index in [4.69, 9.17) is 0 Å². The number of rotatable bonds is 28. The molecule has 0 radical (unpaired) electrons. The van der Waals surface area contributed by atoms with Crippen LogP contribution in [-0.2, 0) is 4.79 Å². The van der Waals surface area contributed by atoms with Crippen molar-refractivity contribution in [3.8, 4) is 0 Å². The Morgan fingerprint density at radius 3 is 1.73 bits per heavy atom. The molecule has 218 valence electrons. The van der Waals surface area contributed by atoms with Crippen LogP contribution < -0.4 is 5.32 Å². The van der Waals surface area contributed by atoms with Crippen LogP contribution in [0.2, 0.25) is 0 Å². The molecule has 0 aromatic rings. The van der Waals surface area contributed by atoms with Crippen LogP contribution in [0.1, 0.15) is 162 Å². The molecule has 2 unspecified atom stereocenters. The number of unbranched alkanes of at least 4 members (excludes halogenated alkanes) is 17. The maximum Gasteiger partial charge on any atom is 0.220 e. The van der Waals surface area contributed by atoms with E-state index in [1.165, 1.54) is 89.9 Å². The fourth-order valence-electron chi connectivity index (χ4n) is 4.69. The van der Waals surface area contributed by atoms with E-state index in [0.717, 1.165) is 44.9 Å². The molecule has 2 atom stereocenters. The van der Waals surface area contributed by atoms with E-state index in [-0.39, 0.29) is 12.5 Å². The van der Waals surface area contributed by atoms with Crippen molar-refractivity contribution >= 4 is 5.91 Å². The molecule has 0 fully saturated rings. The number of nitrogens with one attached hydrogen (secondary N) is 1. The van der Waals surface area contributed by atoms with Crippen molar-refractivity contribution < 1.29 is 15.0 Å². The summed E-state index contributed by atoms with van der Waals surface area (Å²) in [5.41, 5.74) is 0. The maximum absolute atomic E-state index is 12.2. The van der Waals surface area contributed by atoms with Crippen LogP contribution in [-0.4, -0.2) is 34.9 Å². The van der Waals surface area contributed by atoms with Crippen LogP contribution in [0.15, 0.2) is 24.3 Å². The van der Waals surface area contributed by atoms with Crippen LogP contribution in [0.4, 0.5) is 0 Å². The average Bonchev–Trinajstić information content (AvgIpc) is 2.90. The summed E-state index contributed by atoms with van der Waals surface area (Å²) in [6.07, 6.45) is 35.0. The molecule has 0 bridgehead atoms. The Kier molecular flexibility index (Phi) is 28.5. The van der Waals surface area contributed by atoms with E-state index >= 15 is 0 Å². The molecular formula is C33H63NO3. The second-order valence-corrected chi connectivity index (χ2v) is 10.9. The van der Waals surface area contributed by atoms with E-state index in [9.17, 15) is 15.0 Å². The van der Waals surface area contributed by atoms with Gasteiger partial charge in [-0.25, -0.2) is 0 Å². The van der Waals surface area contributed by atoms with Gasteiger partial charge in [-0.2, -0.15) is 0 Å². The summed E-state index contributed by atoms with van der Waals surface area (Å²) in [6.45, 7) is 4.26. The van der Waals surface area contributed by atoms with Crippen molar-refractivity contribution in [1.29, 1.82) is 0 Å². The Hall–Kier alpha value is -1.13. The van der Waals surface area contributed by atoms with Crippen molar-refractivity contribution in [2.24, 2.45) is 0 Å². The van der Waals surface area contributed by atoms with Gasteiger partial charge in [0.25, 0.3) is 0 Å². The van der Waals surface area contributed by atoms with Crippen molar-refractivity contribution in [3.63, 3.8) is 0 Å². The van der Waals surface area contributed by atoms with Crippen LogP contribution in [0.5, 0.6) is 0 Å². The molecule has 0 spiro atoms. The standard InChI is InChI=1S/C33H63NO3/c1-3-5-7-9-11-13-15-17-19-21-23-25-27-29-33(37)34-31(30-35)32(36)28-26-24-22-20-18-16-14-12-10-8-6-4-2/h7,9,13,15,31-32,35-36H,3-6,8,10-12,14,16-30H2,1-2H3,(H,34,37)/b9-7-,15-13-. The molecule has 3 N–H and O–H groups in total. The number of allylic oxidation sites excluding steroid dienone is 4. The highest BCUT2D eigenvalue weighted by atomic mass is 16.3. The molecular weight excluding hydrogens is 458 g/mol. The predicted molar refractivity (Wildman–Crippen MR) is 161 cm³/mol. The number of aliphatic hydroxyl groups is 2. The quantitative estimate of drug-likeness (QED) is 0.0711. The zero-order valence-electron chi connectivity index (χ0n) is 24.7. The minimum Gasteiger partial charge on any atom is -0.394 e. The molecule has 0 saturated carbocycles. The molecule has 4 nitrogen and oxygen atoms in total. The molecule has 37 heavy (non-hydrogen) atoms. The van der Waals surface area contributed by atoms with Gasteiger partial charge >= 0.3 is 0 Å². The topological polar surface area (TPSA) is 69.6 Å². The first-order chi connectivity index (χ1) is 18.2. The Bertz CT molecular complexity index is 532. The molecule has 0 aliphatic carbocycles. The number of carbonyl (C=O) groups excluding carboxylic acids is 1. The first-order valence-corrected chi connectivity index (χ1v) is 16.0. The van der Waals surface area contributed by atoms with Gasteiger partial charge in [-0.05, 0) is 38.5 Å². The monoisotopic (exact) mass is 521 g/mol. The summed E-state index contributed by atoms with van der Waals surface area (Å²) in [5.74, 6) is -0.0492. The zero-order chi connectivity index (χ0) is 27.2. The van der Waals surface area contributed by atoms with Gasteiger partial charge in [0.1, 0.15) is 0 Å². The van der Waals surface area contributed by atoms with Gasteiger partial charge < -0.3 is 15.5 Å². The second-order valence-electron chi connectivity index (χ2n) is 10.9. The maximum atomic E-state index is 12.2. The van der Waals surface area contributed by atoms with Gasteiger partial charge in [0.15, 0.2) is 0 Å². The van der Waals surface area contributed by atoms with Gasteiger partial charge in [-0.3, -0.25) is 4.79 Å². The first kappa shape index (κ1) is 35.9. The third-order valence-corrected chi connectivity index (χ3v) is 7.20. The van der Waals surface area contributed by atoms with E-state index < -0.39 is 12.1 Å². The lowest BCUT2D eigenvalue weighted by atomic mass is 10.0. The van der Waals surface area contributed by atoms with Crippen molar-refractivity contribution in [1.82, 2.24) is 5.32 Å². The summed E-state index contributed by atoms with van der Waals surface area (Å²) >= 11 is 0. The summed E-state index contributed by atoms with van der Waals surface area (Å²) < 4.78 is 0. The molecule has 0 saturated heterocycles. The van der Waals surface area contributed by atoms with Crippen molar-refractivity contribution in [3.05, 3.63) is 24.3 Å². The van der Waals surface area contributed by atoms with E-state index in [1.807, 2.05) is 0 Å².